The Balaban J connectivity index is 0.855. The second-order valence-electron chi connectivity index (χ2n) is 12.7. The maximum absolute atomic E-state index is 12.8. The number of piperazine rings is 1. The molecule has 8 rings (SSSR count). The average molecular weight is 694 g/mol. The molecule has 14 heteroatoms. The van der Waals surface area contributed by atoms with Gasteiger partial charge in [0.05, 0.1) is 46.5 Å². The highest BCUT2D eigenvalue weighted by Gasteiger charge is 2.45. The lowest BCUT2D eigenvalue weighted by atomic mass is 10.1. The van der Waals surface area contributed by atoms with Crippen molar-refractivity contribution in [2.45, 2.75) is 44.7 Å². The molecule has 0 amide bonds. The van der Waals surface area contributed by atoms with E-state index in [2.05, 4.69) is 67.3 Å². The molecule has 6 aromatic rings. The van der Waals surface area contributed by atoms with Gasteiger partial charge in [-0.3, -0.25) is 0 Å². The summed E-state index contributed by atoms with van der Waals surface area (Å²) in [5.41, 5.74) is 6.70. The van der Waals surface area contributed by atoms with E-state index in [-0.39, 0.29) is 17.8 Å². The van der Waals surface area contributed by atoms with Crippen molar-refractivity contribution in [3.05, 3.63) is 107 Å². The molecule has 3 atom stereocenters. The number of thiazole rings is 1. The first-order valence-electron chi connectivity index (χ1n) is 17.0. The first kappa shape index (κ1) is 32.2. The van der Waals surface area contributed by atoms with Gasteiger partial charge in [-0.25, -0.2) is 19.0 Å². The first-order chi connectivity index (χ1) is 24.5. The first-order valence-corrected chi connectivity index (χ1v) is 17.8. The fraction of sp³-hybridized carbons (Fsp3) is 0.361. The van der Waals surface area contributed by atoms with E-state index < -0.39 is 5.79 Å². The molecule has 2 aliphatic heterocycles. The summed E-state index contributed by atoms with van der Waals surface area (Å²) in [6, 6.07) is 22.5. The Kier molecular flexibility index (Phi) is 8.81. The van der Waals surface area contributed by atoms with Crippen LogP contribution in [0.5, 0.6) is 5.75 Å². The normalized spacial score (nSPS) is 20.1. The van der Waals surface area contributed by atoms with Crippen molar-refractivity contribution in [1.29, 1.82) is 0 Å². The highest BCUT2D eigenvalue weighted by molar-refractivity contribution is 7.16. The number of nitrogens with zero attached hydrogens (tertiary/aromatic N) is 9. The summed E-state index contributed by atoms with van der Waals surface area (Å²) in [6.07, 6.45) is 5.48. The smallest absolute Gasteiger partial charge is 0.350 e. The molecule has 0 spiro atoms. The van der Waals surface area contributed by atoms with Crippen molar-refractivity contribution in [1.82, 2.24) is 34.3 Å². The third-order valence-corrected chi connectivity index (χ3v) is 10.4. The molecule has 2 saturated heterocycles. The number of ether oxygens (including phenoxy) is 3. The fourth-order valence-electron chi connectivity index (χ4n) is 6.53. The van der Waals surface area contributed by atoms with Crippen molar-refractivity contribution in [3.63, 3.8) is 0 Å². The predicted octanol–water partition coefficient (Wildman–Crippen LogP) is 4.88. The number of rotatable bonds is 11. The zero-order valence-corrected chi connectivity index (χ0v) is 28.9. The minimum Gasteiger partial charge on any atom is -0.491 e. The van der Waals surface area contributed by atoms with E-state index in [4.69, 9.17) is 14.2 Å². The predicted molar refractivity (Wildman–Crippen MR) is 191 cm³/mol. The Morgan fingerprint density at radius 3 is 2.30 bits per heavy atom. The van der Waals surface area contributed by atoms with E-state index >= 15 is 0 Å². The van der Waals surface area contributed by atoms with Crippen LogP contribution in [0.4, 0.5) is 11.4 Å². The van der Waals surface area contributed by atoms with Gasteiger partial charge in [0.25, 0.3) is 0 Å². The summed E-state index contributed by atoms with van der Waals surface area (Å²) >= 11 is 1.58. The van der Waals surface area contributed by atoms with Gasteiger partial charge in [-0.05, 0) is 74.0 Å². The number of fused-ring (bicyclic) bond motifs is 1. The lowest BCUT2D eigenvalue weighted by Crippen LogP contribution is -2.46. The van der Waals surface area contributed by atoms with Gasteiger partial charge in [-0.15, -0.1) is 11.3 Å². The van der Waals surface area contributed by atoms with Crippen LogP contribution >= 0.6 is 11.3 Å². The van der Waals surface area contributed by atoms with E-state index in [9.17, 15) is 4.79 Å². The van der Waals surface area contributed by atoms with Crippen LogP contribution in [0.2, 0.25) is 0 Å². The molecular formula is C36H39N9O4S. The third-order valence-electron chi connectivity index (χ3n) is 9.56. The topological polar surface area (TPSA) is 118 Å². The van der Waals surface area contributed by atoms with Crippen molar-refractivity contribution in [2.75, 3.05) is 49.2 Å². The van der Waals surface area contributed by atoms with Gasteiger partial charge >= 0.3 is 5.69 Å². The molecule has 3 aromatic heterocycles. The number of aromatic nitrogens is 7. The standard InChI is InChI=1S/C36H39N9O4S/c1-3-26(2)45-35(46)43(24-40-45)30-7-5-28(6-8-30)41-16-18-42(19-17-41)29-9-11-31(12-10-29)47-21-32-22-48-36(49-32,23-44-38-14-15-39-44)27-4-13-33-34(20-27)50-25-37-33/h4-15,20,24-26,32H,3,16-19,21-23H2,1-2H3. The second-order valence-corrected chi connectivity index (χ2v) is 13.6. The third kappa shape index (κ3) is 6.37. The molecule has 0 saturated carbocycles. The van der Waals surface area contributed by atoms with Crippen LogP contribution in [0, 0.1) is 0 Å². The maximum Gasteiger partial charge on any atom is 0.350 e. The molecule has 0 aliphatic carbocycles. The highest BCUT2D eigenvalue weighted by Crippen LogP contribution is 2.38. The Hall–Kier alpha value is -5.05. The minimum atomic E-state index is -1.03. The molecule has 0 N–H and O–H groups in total. The fourth-order valence-corrected chi connectivity index (χ4v) is 7.25. The molecule has 5 heterocycles. The quantitative estimate of drug-likeness (QED) is 0.186. The number of hydrogen-bond acceptors (Lipinski definition) is 11. The molecule has 2 aliphatic rings. The Morgan fingerprint density at radius 2 is 1.60 bits per heavy atom. The zero-order chi connectivity index (χ0) is 34.1. The Labute approximate surface area is 293 Å². The maximum atomic E-state index is 12.8. The number of anilines is 2. The van der Waals surface area contributed by atoms with Gasteiger partial charge in [-0.1, -0.05) is 13.0 Å². The van der Waals surface area contributed by atoms with Gasteiger partial charge < -0.3 is 24.0 Å². The lowest BCUT2D eigenvalue weighted by molar-refractivity contribution is -0.192. The van der Waals surface area contributed by atoms with Gasteiger partial charge in [-0.2, -0.15) is 20.1 Å². The Morgan fingerprint density at radius 1 is 0.920 bits per heavy atom. The Bertz CT molecular complexity index is 2090. The number of benzene rings is 3. The molecule has 3 aromatic carbocycles. The average Bonchev–Trinajstić information content (AvgIpc) is 3.99. The van der Waals surface area contributed by atoms with Crippen molar-refractivity contribution in [2.24, 2.45) is 0 Å². The minimum absolute atomic E-state index is 0.0690. The van der Waals surface area contributed by atoms with Crippen molar-refractivity contribution >= 4 is 32.9 Å². The van der Waals surface area contributed by atoms with E-state index in [0.717, 1.165) is 71.2 Å². The number of hydrogen-bond donors (Lipinski definition) is 0. The SMILES string of the molecule is CCC(C)n1ncn(-c2ccc(N3CCN(c4ccc(OCC5COC(Cn6nccn6)(c6ccc7ncsc7c6)O5)cc4)CC3)cc2)c1=O. The van der Waals surface area contributed by atoms with Crippen LogP contribution in [-0.4, -0.2) is 79.8 Å². The van der Waals surface area contributed by atoms with Gasteiger partial charge in [0, 0.05) is 43.1 Å². The summed E-state index contributed by atoms with van der Waals surface area (Å²) in [6.45, 7) is 8.70. The van der Waals surface area contributed by atoms with Crippen LogP contribution in [0.15, 0.2) is 95.8 Å². The van der Waals surface area contributed by atoms with E-state index in [0.29, 0.717) is 19.8 Å². The monoisotopic (exact) mass is 693 g/mol. The molecule has 13 nitrogen and oxygen atoms in total. The summed E-state index contributed by atoms with van der Waals surface area (Å²) in [5, 5.41) is 12.9. The summed E-state index contributed by atoms with van der Waals surface area (Å²) in [4.78, 5) is 23.6. The van der Waals surface area contributed by atoms with Crippen LogP contribution in [0.3, 0.4) is 0 Å². The van der Waals surface area contributed by atoms with Crippen LogP contribution < -0.4 is 20.2 Å². The molecule has 50 heavy (non-hydrogen) atoms. The molecule has 258 valence electrons. The molecule has 0 bridgehead atoms. The van der Waals surface area contributed by atoms with Gasteiger partial charge in [0.1, 0.15) is 31.3 Å². The van der Waals surface area contributed by atoms with Crippen molar-refractivity contribution < 1.29 is 14.2 Å². The van der Waals surface area contributed by atoms with Crippen LogP contribution in [0.1, 0.15) is 31.9 Å². The zero-order valence-electron chi connectivity index (χ0n) is 28.0. The summed E-state index contributed by atoms with van der Waals surface area (Å²) < 4.78 is 23.3. The highest BCUT2D eigenvalue weighted by atomic mass is 32.1. The molecular weight excluding hydrogens is 655 g/mol. The lowest BCUT2D eigenvalue weighted by Gasteiger charge is -2.37. The summed E-state index contributed by atoms with van der Waals surface area (Å²) in [5.74, 6) is -0.252. The largest absolute Gasteiger partial charge is 0.491 e. The van der Waals surface area contributed by atoms with Gasteiger partial charge in [0.2, 0.25) is 5.79 Å². The second kappa shape index (κ2) is 13.7. The molecule has 3 unspecified atom stereocenters. The summed E-state index contributed by atoms with van der Waals surface area (Å²) in [7, 11) is 0. The molecule has 2 fully saturated rings. The molecule has 0 radical (unpaired) electrons. The van der Waals surface area contributed by atoms with Crippen LogP contribution in [0.25, 0.3) is 15.9 Å². The van der Waals surface area contributed by atoms with Crippen molar-refractivity contribution in [3.8, 4) is 11.4 Å². The van der Waals surface area contributed by atoms with E-state index in [1.165, 1.54) is 0 Å². The van der Waals surface area contributed by atoms with E-state index in [1.54, 1.807) is 44.1 Å². The van der Waals surface area contributed by atoms with E-state index in [1.807, 2.05) is 48.8 Å². The van der Waals surface area contributed by atoms with Gasteiger partial charge in [0.15, 0.2) is 0 Å². The van der Waals surface area contributed by atoms with Crippen LogP contribution in [-0.2, 0) is 21.8 Å².